The number of hydrogen-bond donors (Lipinski definition) is 17. The summed E-state index contributed by atoms with van der Waals surface area (Å²) in [6, 6.07) is 0. The van der Waals surface area contributed by atoms with Crippen LogP contribution in [0.5, 0.6) is 0 Å². The summed E-state index contributed by atoms with van der Waals surface area (Å²) in [5.74, 6) is -0.577. The second kappa shape index (κ2) is 23.3. The second-order valence-electron chi connectivity index (χ2n) is 23.6. The number of aliphatic hydroxyl groups excluding tert-OH is 16. The third kappa shape index (κ3) is 10.3. The zero-order valence-corrected chi connectivity index (χ0v) is 43.3. The monoisotopic (exact) mass is 1130 g/mol. The van der Waals surface area contributed by atoms with Crippen molar-refractivity contribution in [1.82, 2.24) is 0 Å². The zero-order valence-electron chi connectivity index (χ0n) is 43.3. The highest BCUT2D eigenvalue weighted by Crippen LogP contribution is 2.73. The van der Waals surface area contributed by atoms with E-state index in [1.54, 1.807) is 0 Å². The molecule has 0 unspecified atom stereocenters. The van der Waals surface area contributed by atoms with Crippen LogP contribution in [0.15, 0.2) is 12.2 Å². The Kier molecular flexibility index (Phi) is 18.2. The van der Waals surface area contributed by atoms with Crippen LogP contribution in [0.3, 0.4) is 0 Å². The van der Waals surface area contributed by atoms with Gasteiger partial charge < -0.3 is 134 Å². The summed E-state index contributed by atoms with van der Waals surface area (Å²) in [6.07, 6.45) is -39.4. The molecule has 0 amide bonds. The minimum Gasteiger partial charge on any atom is -0.481 e. The second-order valence-corrected chi connectivity index (χ2v) is 23.6. The molecule has 1 spiro atoms. The largest absolute Gasteiger partial charge is 0.481 e. The topological polar surface area (TPSA) is 453 Å². The lowest BCUT2D eigenvalue weighted by Crippen LogP contribution is -2.68. The number of hydrogen-bond acceptors (Lipinski definition) is 27. The van der Waals surface area contributed by atoms with E-state index in [2.05, 4.69) is 13.5 Å². The lowest BCUT2D eigenvalue weighted by Gasteiger charge is -2.64. The number of aliphatic carboxylic acids is 1. The first-order chi connectivity index (χ1) is 36.9. The van der Waals surface area contributed by atoms with Crippen LogP contribution in [-0.4, -0.2) is 285 Å². The molecular formula is C50H80O28. The Morgan fingerprint density at radius 2 is 0.859 bits per heavy atom. The van der Waals surface area contributed by atoms with E-state index in [4.69, 9.17) is 47.4 Å². The van der Waals surface area contributed by atoms with Crippen molar-refractivity contribution in [1.29, 1.82) is 0 Å². The van der Waals surface area contributed by atoms with E-state index in [1.807, 2.05) is 6.92 Å². The number of carboxylic acids is 1. The minimum atomic E-state index is -2.14. The molecule has 0 radical (unpaired) electrons. The molecule has 31 atom stereocenters. The van der Waals surface area contributed by atoms with Gasteiger partial charge in [0.2, 0.25) is 0 Å². The summed E-state index contributed by atoms with van der Waals surface area (Å²) in [4.78, 5) is 12.6. The van der Waals surface area contributed by atoms with Gasteiger partial charge in [0.15, 0.2) is 31.5 Å². The normalized spacial score (nSPS) is 54.5. The smallest absolute Gasteiger partial charge is 0.309 e. The van der Waals surface area contributed by atoms with Crippen LogP contribution in [0.4, 0.5) is 0 Å². The molecule has 0 aromatic carbocycles. The molecular weight excluding hydrogens is 1050 g/mol. The Hall–Kier alpha value is -1.83. The van der Waals surface area contributed by atoms with Crippen LogP contribution < -0.4 is 0 Å². The zero-order chi connectivity index (χ0) is 56.7. The number of ether oxygens (including phenoxy) is 10. The maximum Gasteiger partial charge on any atom is 0.309 e. The van der Waals surface area contributed by atoms with Gasteiger partial charge in [-0.25, -0.2) is 0 Å². The van der Waals surface area contributed by atoms with Crippen molar-refractivity contribution < 1.29 is 139 Å². The Morgan fingerprint density at radius 3 is 1.27 bits per heavy atom. The molecule has 2 bridgehead atoms. The van der Waals surface area contributed by atoms with Crippen molar-refractivity contribution in [2.45, 2.75) is 231 Å². The number of rotatable bonds is 16. The van der Waals surface area contributed by atoms with Crippen LogP contribution in [0.25, 0.3) is 0 Å². The van der Waals surface area contributed by atoms with Gasteiger partial charge in [0.05, 0.1) is 44.1 Å². The van der Waals surface area contributed by atoms with E-state index in [0.29, 0.717) is 32.1 Å². The molecule has 0 aromatic rings. The van der Waals surface area contributed by atoms with Crippen molar-refractivity contribution in [3.63, 3.8) is 0 Å². The SMILES string of the molecule is C=C1C[C@@]23CC[C@H]4[C@@](C)(CCC[C@@]4(C)C(=O)O)[C@@H]2CC[C@]1(O[C@@H]1O[C@H](CO)[C@@H](O[C@H]2O[C@H](CO)[C@@H](O[C@H]4O[C@H](CO)[C@@H](O[C@H]5O[C@H](CO)[C@@H](O[C@H]6O[C@H](CO)[C@@H](O)[C@H](O)[C@H]6O)[C@H](O)[C@H]5O)[C@H](O)[C@H]4O)[C@H](O)[C@H]2O)[C@H](O)[C@H]1O)C3. The van der Waals surface area contributed by atoms with Crippen LogP contribution in [-0.2, 0) is 52.2 Å². The van der Waals surface area contributed by atoms with E-state index in [1.165, 1.54) is 0 Å². The maximum absolute atomic E-state index is 12.6. The van der Waals surface area contributed by atoms with Gasteiger partial charge in [-0.05, 0) is 86.5 Å². The number of carbonyl (C=O) groups is 1. The summed E-state index contributed by atoms with van der Waals surface area (Å²) < 4.78 is 58.1. The van der Waals surface area contributed by atoms with E-state index in [0.717, 1.165) is 31.3 Å². The number of fused-ring (bicyclic) bond motifs is 3. The maximum atomic E-state index is 12.6. The van der Waals surface area contributed by atoms with Crippen molar-refractivity contribution in [2.75, 3.05) is 33.0 Å². The number of carboxylic acid groups (broad SMARTS) is 1. The molecule has 9 rings (SSSR count). The quantitative estimate of drug-likeness (QED) is 0.0505. The summed E-state index contributed by atoms with van der Waals surface area (Å²) in [7, 11) is 0. The van der Waals surface area contributed by atoms with Gasteiger partial charge in [-0.3, -0.25) is 4.79 Å². The van der Waals surface area contributed by atoms with E-state index in [-0.39, 0.29) is 22.7 Å². The number of aliphatic hydroxyl groups is 16. The Labute approximate surface area is 448 Å². The predicted octanol–water partition coefficient (Wildman–Crippen LogP) is -6.72. The van der Waals surface area contributed by atoms with E-state index in [9.17, 15) is 91.6 Å². The molecule has 5 heterocycles. The molecule has 28 heteroatoms. The third-order valence-corrected chi connectivity index (χ3v) is 19.3. The van der Waals surface area contributed by atoms with Gasteiger partial charge in [0.25, 0.3) is 0 Å². The molecule has 9 aliphatic rings. The van der Waals surface area contributed by atoms with Crippen LogP contribution in [0.1, 0.15) is 71.6 Å². The van der Waals surface area contributed by atoms with E-state index >= 15 is 0 Å². The van der Waals surface area contributed by atoms with Gasteiger partial charge in [0, 0.05) is 0 Å². The van der Waals surface area contributed by atoms with Gasteiger partial charge in [0.1, 0.15) is 122 Å². The van der Waals surface area contributed by atoms with Crippen molar-refractivity contribution in [2.24, 2.45) is 28.1 Å². The van der Waals surface area contributed by atoms with Crippen LogP contribution in [0.2, 0.25) is 0 Å². The summed E-state index contributed by atoms with van der Waals surface area (Å²) in [5, 5.41) is 183. The molecule has 4 saturated carbocycles. The summed E-state index contributed by atoms with van der Waals surface area (Å²) in [5.41, 5.74) is -1.48. The van der Waals surface area contributed by atoms with Crippen LogP contribution >= 0.6 is 0 Å². The molecule has 4 aliphatic carbocycles. The first-order valence-electron chi connectivity index (χ1n) is 26.9. The summed E-state index contributed by atoms with van der Waals surface area (Å²) >= 11 is 0. The first kappa shape index (κ1) is 60.8. The highest BCUT2D eigenvalue weighted by molar-refractivity contribution is 5.75. The first-order valence-corrected chi connectivity index (χ1v) is 26.9. The molecule has 78 heavy (non-hydrogen) atoms. The van der Waals surface area contributed by atoms with E-state index < -0.39 is 204 Å². The summed E-state index contributed by atoms with van der Waals surface area (Å²) in [6.45, 7) is 4.03. The highest BCUT2D eigenvalue weighted by Gasteiger charge is 2.69. The fourth-order valence-corrected chi connectivity index (χ4v) is 15.1. The molecule has 17 N–H and O–H groups in total. The van der Waals surface area contributed by atoms with Gasteiger partial charge in [-0.1, -0.05) is 19.9 Å². The van der Waals surface area contributed by atoms with Crippen molar-refractivity contribution >= 4 is 5.97 Å². The molecule has 5 aliphatic heterocycles. The Balaban J connectivity index is 0.809. The molecule has 28 nitrogen and oxygen atoms in total. The fourth-order valence-electron chi connectivity index (χ4n) is 15.1. The van der Waals surface area contributed by atoms with Gasteiger partial charge in [-0.15, -0.1) is 0 Å². The average Bonchev–Trinajstić information content (AvgIpc) is 3.80. The van der Waals surface area contributed by atoms with Crippen LogP contribution in [0, 0.1) is 28.1 Å². The molecule has 0 aromatic heterocycles. The van der Waals surface area contributed by atoms with Gasteiger partial charge >= 0.3 is 5.97 Å². The predicted molar refractivity (Wildman–Crippen MR) is 252 cm³/mol. The molecule has 5 saturated heterocycles. The standard InChI is InChI=1S/C50H80O28/c1-18-11-49-9-5-24-47(2,7-4-8-48(24,3)46(67)68)25(49)6-10-50(18,17-49)78-45-36(66)31(61)40(23(16-55)73-45)77-44-35(65)30(60)39(22(15-54)72-44)76-43-34(64)29(59)38(21(14-53)71-43)75-42-33(63)28(58)37(20(13-52)70-42)74-41-32(62)27(57)26(56)19(12-51)69-41/h19-45,51-66H,1,4-17H2,2-3H3,(H,67,68)/t19-,20-,21-,22-,23-,24+,25+,26-,27+,28-,29-,30-,31-,32-,33-,34-,35-,36-,37-,38-,39-,40-,41-,42-,43-,44-,45+,47-,48-,49-,50+/m1/s1. The lowest BCUT2D eigenvalue weighted by atomic mass is 9.41. The molecule has 9 fully saturated rings. The average molecular weight is 1130 g/mol. The van der Waals surface area contributed by atoms with Crippen molar-refractivity contribution in [3.05, 3.63) is 12.2 Å². The molecule has 448 valence electrons. The van der Waals surface area contributed by atoms with Crippen molar-refractivity contribution in [3.8, 4) is 0 Å². The van der Waals surface area contributed by atoms with Gasteiger partial charge in [-0.2, -0.15) is 0 Å². The highest BCUT2D eigenvalue weighted by atomic mass is 16.8. The fraction of sp³-hybridized carbons (Fsp3) is 0.940. The Bertz CT molecular complexity index is 2070. The Morgan fingerprint density at radius 1 is 0.487 bits per heavy atom. The lowest BCUT2D eigenvalue weighted by molar-refractivity contribution is -0.394. The third-order valence-electron chi connectivity index (χ3n) is 19.3. The minimum absolute atomic E-state index is 0.00158.